The fraction of sp³-hybridized carbons (Fsp3) is 0.444. The number of carbonyl (C=O) groups is 1. The minimum absolute atomic E-state index is 0.107. The quantitative estimate of drug-likeness (QED) is 0.775. The Kier molecular flexibility index (Phi) is 3.25. The zero-order chi connectivity index (χ0) is 12.4. The molecule has 2 N–H and O–H groups in total. The molecule has 0 bridgehead atoms. The lowest BCUT2D eigenvalue weighted by Gasteiger charge is -1.96. The van der Waals surface area contributed by atoms with E-state index in [-0.39, 0.29) is 18.2 Å². The van der Waals surface area contributed by atoms with Crippen LogP contribution < -0.4 is 5.73 Å². The summed E-state index contributed by atoms with van der Waals surface area (Å²) in [5, 5.41) is 13.8. The second-order valence-corrected chi connectivity index (χ2v) is 4.54. The van der Waals surface area contributed by atoms with Crippen LogP contribution in [0, 0.1) is 0 Å². The molecule has 17 heavy (non-hydrogen) atoms. The van der Waals surface area contributed by atoms with E-state index in [1.165, 1.54) is 16.1 Å². The number of hydrogen-bond donors (Lipinski definition) is 1. The van der Waals surface area contributed by atoms with E-state index in [1.807, 2.05) is 6.92 Å². The fourth-order valence-electron chi connectivity index (χ4n) is 1.25. The van der Waals surface area contributed by atoms with Gasteiger partial charge in [0.2, 0.25) is 0 Å². The molecule has 0 saturated heterocycles. The zero-order valence-corrected chi connectivity index (χ0v) is 10.3. The van der Waals surface area contributed by atoms with Crippen LogP contribution in [0.1, 0.15) is 34.3 Å². The Morgan fingerprint density at radius 2 is 2.41 bits per heavy atom. The number of Topliss-reactive ketones (excluding diaryl/α,β-unsaturated/α-hetero) is 1. The molecule has 90 valence electrons. The molecule has 1 unspecified atom stereocenters. The third-order valence-electron chi connectivity index (χ3n) is 2.07. The number of aryl methyl sites for hydroxylation is 1. The number of ketones is 1. The number of tetrazole rings is 1. The van der Waals surface area contributed by atoms with Crippen LogP contribution in [0.5, 0.6) is 0 Å². The minimum Gasteiger partial charge on any atom is -0.322 e. The first kappa shape index (κ1) is 11.8. The highest BCUT2D eigenvalue weighted by molar-refractivity contribution is 7.09. The van der Waals surface area contributed by atoms with Crippen LogP contribution in [-0.4, -0.2) is 31.0 Å². The van der Waals surface area contributed by atoms with E-state index < -0.39 is 0 Å². The number of thiazole rings is 1. The van der Waals surface area contributed by atoms with E-state index in [9.17, 15) is 4.79 Å². The van der Waals surface area contributed by atoms with Crippen LogP contribution in [0.15, 0.2) is 5.38 Å². The Balaban J connectivity index is 2.09. The summed E-state index contributed by atoms with van der Waals surface area (Å²) in [6.07, 6.45) is 0.107. The van der Waals surface area contributed by atoms with Gasteiger partial charge in [-0.05, 0) is 12.1 Å². The molecular formula is C9H12N6OS. The Bertz CT molecular complexity index is 531. The normalized spacial score (nSPS) is 12.6. The van der Waals surface area contributed by atoms with Crippen LogP contribution in [0.4, 0.5) is 0 Å². The lowest BCUT2D eigenvalue weighted by Crippen LogP contribution is -2.08. The van der Waals surface area contributed by atoms with E-state index in [2.05, 4.69) is 20.4 Å². The zero-order valence-electron chi connectivity index (χ0n) is 9.49. The average Bonchev–Trinajstić information content (AvgIpc) is 2.86. The molecule has 0 aliphatic heterocycles. The highest BCUT2D eigenvalue weighted by atomic mass is 32.1. The van der Waals surface area contributed by atoms with Gasteiger partial charge in [-0.1, -0.05) is 0 Å². The van der Waals surface area contributed by atoms with Crippen LogP contribution in [0.3, 0.4) is 0 Å². The van der Waals surface area contributed by atoms with E-state index in [0.29, 0.717) is 11.5 Å². The maximum atomic E-state index is 11.8. The van der Waals surface area contributed by atoms with Crippen LogP contribution in [0.2, 0.25) is 0 Å². The first-order valence-corrected chi connectivity index (χ1v) is 5.91. The smallest absolute Gasteiger partial charge is 0.189 e. The van der Waals surface area contributed by atoms with Crippen LogP contribution >= 0.6 is 11.3 Å². The third kappa shape index (κ3) is 2.71. The van der Waals surface area contributed by atoms with Crippen molar-refractivity contribution in [3.05, 3.63) is 21.9 Å². The monoisotopic (exact) mass is 252 g/mol. The van der Waals surface area contributed by atoms with Gasteiger partial charge >= 0.3 is 0 Å². The molecule has 7 nitrogen and oxygen atoms in total. The van der Waals surface area contributed by atoms with Gasteiger partial charge in [-0.25, -0.2) is 4.98 Å². The summed E-state index contributed by atoms with van der Waals surface area (Å²) in [5.41, 5.74) is 6.09. The maximum absolute atomic E-state index is 11.8. The standard InChI is InChI=1S/C9H12N6OS/c1-5(10)9-11-6(4-17-9)7(16)3-8-12-14-15(2)13-8/h4-5H,3,10H2,1-2H3. The van der Waals surface area contributed by atoms with Gasteiger partial charge < -0.3 is 5.73 Å². The van der Waals surface area contributed by atoms with Crippen LogP contribution in [-0.2, 0) is 13.5 Å². The van der Waals surface area contributed by atoms with Crippen molar-refractivity contribution >= 4 is 17.1 Å². The molecule has 0 fully saturated rings. The molecule has 0 aliphatic rings. The maximum Gasteiger partial charge on any atom is 0.189 e. The predicted molar refractivity (Wildman–Crippen MR) is 61.5 cm³/mol. The van der Waals surface area contributed by atoms with Crippen molar-refractivity contribution in [3.8, 4) is 0 Å². The molecule has 0 amide bonds. The molecule has 8 heteroatoms. The molecule has 0 saturated carbocycles. The van der Waals surface area contributed by atoms with Gasteiger partial charge in [0.15, 0.2) is 11.6 Å². The van der Waals surface area contributed by atoms with Gasteiger partial charge in [0, 0.05) is 5.38 Å². The predicted octanol–water partition coefficient (Wildman–Crippen LogP) is 0.112. The summed E-state index contributed by atoms with van der Waals surface area (Å²) < 4.78 is 0. The molecule has 0 spiro atoms. The highest BCUT2D eigenvalue weighted by Gasteiger charge is 2.15. The number of hydrogen-bond acceptors (Lipinski definition) is 7. The lowest BCUT2D eigenvalue weighted by molar-refractivity contribution is 0.0986. The van der Waals surface area contributed by atoms with Gasteiger partial charge in [0.1, 0.15) is 10.7 Å². The second-order valence-electron chi connectivity index (χ2n) is 3.65. The second kappa shape index (κ2) is 4.68. The lowest BCUT2D eigenvalue weighted by atomic mass is 10.2. The topological polar surface area (TPSA) is 99.6 Å². The molecule has 0 radical (unpaired) electrons. The molecule has 0 aliphatic carbocycles. The Hall–Kier alpha value is -1.67. The number of rotatable bonds is 4. The van der Waals surface area contributed by atoms with E-state index in [4.69, 9.17) is 5.73 Å². The summed E-state index contributed by atoms with van der Waals surface area (Å²) in [6.45, 7) is 1.83. The van der Waals surface area contributed by atoms with Gasteiger partial charge in [0.25, 0.3) is 0 Å². The summed E-state index contributed by atoms with van der Waals surface area (Å²) >= 11 is 1.38. The van der Waals surface area contributed by atoms with Gasteiger partial charge in [-0.15, -0.1) is 21.5 Å². The first-order valence-electron chi connectivity index (χ1n) is 5.03. The van der Waals surface area contributed by atoms with Crippen molar-refractivity contribution in [3.63, 3.8) is 0 Å². The van der Waals surface area contributed by atoms with E-state index in [0.717, 1.165) is 5.01 Å². The Morgan fingerprint density at radius 3 is 2.94 bits per heavy atom. The average molecular weight is 252 g/mol. The fourth-order valence-corrected chi connectivity index (χ4v) is 2.04. The number of nitrogens with two attached hydrogens (primary N) is 1. The third-order valence-corrected chi connectivity index (χ3v) is 3.11. The SMILES string of the molecule is CC(N)c1nc(C(=O)Cc2nnn(C)n2)cs1. The highest BCUT2D eigenvalue weighted by Crippen LogP contribution is 2.16. The van der Waals surface area contributed by atoms with Gasteiger partial charge in [-0.2, -0.15) is 4.80 Å². The summed E-state index contributed by atoms with van der Waals surface area (Å²) in [4.78, 5) is 17.3. The summed E-state index contributed by atoms with van der Waals surface area (Å²) in [7, 11) is 1.65. The molecule has 2 heterocycles. The molecule has 2 aromatic rings. The van der Waals surface area contributed by atoms with Gasteiger partial charge in [0.05, 0.1) is 19.5 Å². The van der Waals surface area contributed by atoms with Crippen molar-refractivity contribution in [2.75, 3.05) is 0 Å². The van der Waals surface area contributed by atoms with Crippen LogP contribution in [0.25, 0.3) is 0 Å². The van der Waals surface area contributed by atoms with Gasteiger partial charge in [-0.3, -0.25) is 4.79 Å². The van der Waals surface area contributed by atoms with Crippen molar-refractivity contribution in [1.29, 1.82) is 0 Å². The molecule has 0 aromatic carbocycles. The van der Waals surface area contributed by atoms with E-state index in [1.54, 1.807) is 12.4 Å². The molecule has 1 atom stereocenters. The Morgan fingerprint density at radius 1 is 1.65 bits per heavy atom. The summed E-state index contributed by atoms with van der Waals surface area (Å²) in [5.74, 6) is 0.272. The molecule has 2 rings (SSSR count). The number of carbonyl (C=O) groups excluding carboxylic acids is 1. The van der Waals surface area contributed by atoms with Crippen molar-refractivity contribution in [2.45, 2.75) is 19.4 Å². The minimum atomic E-state index is -0.156. The van der Waals surface area contributed by atoms with E-state index >= 15 is 0 Å². The number of nitrogens with zero attached hydrogens (tertiary/aromatic N) is 5. The molecule has 2 aromatic heterocycles. The summed E-state index contributed by atoms with van der Waals surface area (Å²) in [6, 6.07) is -0.156. The van der Waals surface area contributed by atoms with Crippen molar-refractivity contribution in [1.82, 2.24) is 25.2 Å². The van der Waals surface area contributed by atoms with Crippen molar-refractivity contribution in [2.24, 2.45) is 12.8 Å². The number of aromatic nitrogens is 5. The van der Waals surface area contributed by atoms with Crippen molar-refractivity contribution < 1.29 is 4.79 Å². The Labute approximate surface area is 102 Å². The molecular weight excluding hydrogens is 240 g/mol. The first-order chi connectivity index (χ1) is 8.06. The largest absolute Gasteiger partial charge is 0.322 e.